The van der Waals surface area contributed by atoms with Gasteiger partial charge in [0.05, 0.1) is 24.2 Å². The predicted molar refractivity (Wildman–Crippen MR) is 115 cm³/mol. The highest BCUT2D eigenvalue weighted by Crippen LogP contribution is 2.65. The van der Waals surface area contributed by atoms with Crippen molar-refractivity contribution in [3.05, 3.63) is 17.5 Å². The largest absolute Gasteiger partial charge is 0.481 e. The second-order valence-electron chi connectivity index (χ2n) is 10.6. The van der Waals surface area contributed by atoms with E-state index < -0.39 is 13.0 Å². The molecule has 1 aromatic rings. The fraction of sp³-hybridized carbons (Fsp3) is 0.773. The van der Waals surface area contributed by atoms with Gasteiger partial charge < -0.3 is 24.5 Å². The zero-order chi connectivity index (χ0) is 22.6. The molecule has 4 aliphatic rings. The van der Waals surface area contributed by atoms with E-state index in [9.17, 15) is 9.59 Å². The predicted octanol–water partition coefficient (Wildman–Crippen LogP) is 2.51. The minimum absolute atomic E-state index is 0.0657. The third-order valence-electron chi connectivity index (χ3n) is 7.64. The molecule has 1 aromatic heterocycles. The quantitative estimate of drug-likeness (QED) is 0.644. The molecule has 3 saturated carbocycles. The third-order valence-corrected chi connectivity index (χ3v) is 7.64. The lowest BCUT2D eigenvalue weighted by Gasteiger charge is -2.64. The van der Waals surface area contributed by atoms with Crippen molar-refractivity contribution in [3.63, 3.8) is 0 Å². The molecule has 3 aliphatic carbocycles. The van der Waals surface area contributed by atoms with E-state index in [1.807, 2.05) is 0 Å². The summed E-state index contributed by atoms with van der Waals surface area (Å²) in [6.07, 6.45) is 2.99. The maximum Gasteiger partial charge on any atom is 0.481 e. The molecular formula is C22H34BN3O5. The van der Waals surface area contributed by atoms with Gasteiger partial charge in [0.1, 0.15) is 5.76 Å². The second kappa shape index (κ2) is 7.92. The molecule has 4 fully saturated rings. The Morgan fingerprint density at radius 1 is 1.29 bits per heavy atom. The van der Waals surface area contributed by atoms with Gasteiger partial charge in [0.2, 0.25) is 5.91 Å². The van der Waals surface area contributed by atoms with Gasteiger partial charge in [-0.2, -0.15) is 0 Å². The van der Waals surface area contributed by atoms with Gasteiger partial charge in [-0.25, -0.2) is 0 Å². The Morgan fingerprint density at radius 2 is 2.03 bits per heavy atom. The molecule has 0 radical (unpaired) electrons. The normalized spacial score (nSPS) is 31.7. The number of nitrogens with zero attached hydrogens (tertiary/aromatic N) is 1. The van der Waals surface area contributed by atoms with Crippen molar-refractivity contribution in [2.45, 2.75) is 78.5 Å². The van der Waals surface area contributed by atoms with Crippen LogP contribution >= 0.6 is 0 Å². The first-order valence-corrected chi connectivity index (χ1v) is 11.3. The van der Waals surface area contributed by atoms with Crippen LogP contribution in [0.4, 0.5) is 0 Å². The molecule has 31 heavy (non-hydrogen) atoms. The van der Waals surface area contributed by atoms with Crippen LogP contribution in [0.5, 0.6) is 0 Å². The van der Waals surface area contributed by atoms with E-state index in [4.69, 9.17) is 13.8 Å². The lowest BCUT2D eigenvalue weighted by molar-refractivity contribution is -0.199. The number of amides is 2. The van der Waals surface area contributed by atoms with Crippen molar-refractivity contribution < 1.29 is 23.4 Å². The Balaban J connectivity index is 1.38. The van der Waals surface area contributed by atoms with Gasteiger partial charge in [-0.3, -0.25) is 9.59 Å². The molecule has 2 bridgehead atoms. The number of carbonyl (C=O) groups excluding carboxylic acids is 2. The number of hydrogen-bond donors (Lipinski definition) is 2. The van der Waals surface area contributed by atoms with Gasteiger partial charge in [0.15, 0.2) is 5.69 Å². The van der Waals surface area contributed by atoms with E-state index in [2.05, 4.69) is 50.4 Å². The minimum Gasteiger partial charge on any atom is -0.404 e. The summed E-state index contributed by atoms with van der Waals surface area (Å²) in [5.41, 5.74) is 0.108. The number of rotatable bonds is 7. The summed E-state index contributed by atoms with van der Waals surface area (Å²) in [6.45, 7) is 12.6. The third kappa shape index (κ3) is 4.02. The molecule has 9 heteroatoms. The molecule has 0 spiro atoms. The van der Waals surface area contributed by atoms with Gasteiger partial charge in [-0.05, 0) is 56.3 Å². The number of aromatic nitrogens is 1. The molecule has 5 rings (SSSR count). The summed E-state index contributed by atoms with van der Waals surface area (Å²) in [7, 11) is -0.481. The van der Waals surface area contributed by atoms with Crippen LogP contribution in [-0.4, -0.2) is 48.3 Å². The molecule has 1 saturated heterocycles. The number of aryl methyl sites for hydroxylation is 1. The lowest BCUT2D eigenvalue weighted by atomic mass is 9.43. The van der Waals surface area contributed by atoms with Crippen LogP contribution < -0.4 is 10.6 Å². The molecule has 1 aliphatic heterocycles. The fourth-order valence-electron chi connectivity index (χ4n) is 5.80. The van der Waals surface area contributed by atoms with E-state index >= 15 is 0 Å². The van der Waals surface area contributed by atoms with Crippen LogP contribution in [0.3, 0.4) is 0 Å². The fourth-order valence-corrected chi connectivity index (χ4v) is 5.80. The number of hydrogen-bond acceptors (Lipinski definition) is 6. The summed E-state index contributed by atoms with van der Waals surface area (Å²) in [6, 6.07) is 1.53. The van der Waals surface area contributed by atoms with E-state index in [1.165, 1.54) is 12.5 Å². The Labute approximate surface area is 184 Å². The first-order chi connectivity index (χ1) is 14.5. The molecule has 2 heterocycles. The highest BCUT2D eigenvalue weighted by Gasteiger charge is 2.68. The molecule has 170 valence electrons. The van der Waals surface area contributed by atoms with Crippen molar-refractivity contribution in [2.75, 3.05) is 6.54 Å². The number of carbonyl (C=O) groups is 2. The van der Waals surface area contributed by atoms with Crippen LogP contribution in [-0.2, 0) is 14.1 Å². The lowest BCUT2D eigenvalue weighted by Crippen LogP contribution is -2.65. The van der Waals surface area contributed by atoms with E-state index in [0.717, 1.165) is 12.8 Å². The highest BCUT2D eigenvalue weighted by atomic mass is 16.7. The van der Waals surface area contributed by atoms with Gasteiger partial charge in [-0.15, -0.1) is 0 Å². The summed E-state index contributed by atoms with van der Waals surface area (Å²) in [5.74, 6) is 1.03. The van der Waals surface area contributed by atoms with Crippen molar-refractivity contribution >= 4 is 18.9 Å². The number of nitrogens with one attached hydrogen (secondary N) is 2. The van der Waals surface area contributed by atoms with E-state index in [1.54, 1.807) is 6.92 Å². The Morgan fingerprint density at radius 3 is 2.65 bits per heavy atom. The van der Waals surface area contributed by atoms with Crippen LogP contribution in [0.25, 0.3) is 0 Å². The van der Waals surface area contributed by atoms with Gasteiger partial charge in [0.25, 0.3) is 5.91 Å². The van der Waals surface area contributed by atoms with Crippen molar-refractivity contribution in [1.29, 1.82) is 0 Å². The maximum absolute atomic E-state index is 12.6. The molecular weight excluding hydrogens is 397 g/mol. The Kier molecular flexibility index (Phi) is 5.71. The summed E-state index contributed by atoms with van der Waals surface area (Å²) in [4.78, 5) is 24.8. The van der Waals surface area contributed by atoms with Crippen molar-refractivity contribution in [2.24, 2.45) is 23.2 Å². The van der Waals surface area contributed by atoms with Crippen LogP contribution in [0.1, 0.15) is 70.1 Å². The molecule has 5 atom stereocenters. The maximum atomic E-state index is 12.6. The Hall–Kier alpha value is -1.87. The molecule has 8 nitrogen and oxygen atoms in total. The first-order valence-electron chi connectivity index (χ1n) is 11.3. The van der Waals surface area contributed by atoms with Gasteiger partial charge >= 0.3 is 7.12 Å². The summed E-state index contributed by atoms with van der Waals surface area (Å²) in [5, 5.41) is 9.29. The molecule has 0 unspecified atom stereocenters. The molecule has 2 amide bonds. The van der Waals surface area contributed by atoms with Gasteiger partial charge in [0, 0.05) is 6.07 Å². The standard InChI is InChI=1S/C22H34BN3O5/c1-12(2)7-18(25-19(27)11-24-20(28)15-8-13(3)30-26-15)23-29-17-10-14-9-16(21(14,4)5)22(17,6)31-23/h8,12,14,16-18H,7,9-11H2,1-6H3,(H,24,28)(H,25,27)/t14-,16-,17+,18-,22-/m0/s1. The minimum atomic E-state index is -0.481. The van der Waals surface area contributed by atoms with Crippen LogP contribution in [0.2, 0.25) is 0 Å². The summed E-state index contributed by atoms with van der Waals surface area (Å²) < 4.78 is 17.8. The summed E-state index contributed by atoms with van der Waals surface area (Å²) >= 11 is 0. The van der Waals surface area contributed by atoms with Gasteiger partial charge in [-0.1, -0.05) is 32.9 Å². The Bertz CT molecular complexity index is 856. The SMILES string of the molecule is Cc1cc(C(=O)NCC(=O)N[C@@H](CC(C)C)B2O[C@@H]3C[C@@H]4C[C@@H](C4(C)C)[C@]3(C)O2)no1. The average molecular weight is 431 g/mol. The second-order valence-corrected chi connectivity index (χ2v) is 10.6. The van der Waals surface area contributed by atoms with E-state index in [0.29, 0.717) is 23.5 Å². The topological polar surface area (TPSA) is 103 Å². The van der Waals surface area contributed by atoms with Crippen molar-refractivity contribution in [1.82, 2.24) is 15.8 Å². The average Bonchev–Trinajstić information content (AvgIpc) is 3.27. The van der Waals surface area contributed by atoms with Crippen molar-refractivity contribution in [3.8, 4) is 0 Å². The molecule has 0 aromatic carbocycles. The monoisotopic (exact) mass is 431 g/mol. The van der Waals surface area contributed by atoms with Crippen LogP contribution in [0, 0.1) is 30.1 Å². The zero-order valence-corrected chi connectivity index (χ0v) is 19.4. The molecule has 2 N–H and O–H groups in total. The van der Waals surface area contributed by atoms with Crippen LogP contribution in [0.15, 0.2) is 10.6 Å². The van der Waals surface area contributed by atoms with E-state index in [-0.39, 0.29) is 41.2 Å². The highest BCUT2D eigenvalue weighted by molar-refractivity contribution is 6.47. The zero-order valence-electron chi connectivity index (χ0n) is 19.4. The smallest absolute Gasteiger partial charge is 0.404 e. The first kappa shape index (κ1) is 22.3.